The molecule has 80 valence electrons. The molecule has 0 spiro atoms. The van der Waals surface area contributed by atoms with E-state index >= 15 is 0 Å². The third-order valence-electron chi connectivity index (χ3n) is 2.33. The van der Waals surface area contributed by atoms with Crippen LogP contribution in [0.3, 0.4) is 0 Å². The first-order chi connectivity index (χ1) is 7.83. The van der Waals surface area contributed by atoms with Crippen LogP contribution in [-0.4, -0.2) is 5.75 Å². The number of benzene rings is 2. The molecule has 0 atom stereocenters. The van der Waals surface area contributed by atoms with E-state index in [2.05, 4.69) is 24.5 Å². The Bertz CT molecular complexity index is 564. The predicted molar refractivity (Wildman–Crippen MR) is 69.3 cm³/mol. The van der Waals surface area contributed by atoms with Gasteiger partial charge in [-0.25, -0.2) is 4.39 Å². The second kappa shape index (κ2) is 5.05. The van der Waals surface area contributed by atoms with Crippen LogP contribution >= 0.6 is 12.6 Å². The highest BCUT2D eigenvalue weighted by Crippen LogP contribution is 2.20. The van der Waals surface area contributed by atoms with Crippen LogP contribution in [0.4, 0.5) is 4.39 Å². The molecule has 0 nitrogen and oxygen atoms in total. The van der Waals surface area contributed by atoms with Gasteiger partial charge in [0.1, 0.15) is 5.82 Å². The third kappa shape index (κ3) is 2.20. The highest BCUT2D eigenvalue weighted by Gasteiger charge is 2.02. The van der Waals surface area contributed by atoms with E-state index in [0.717, 1.165) is 23.1 Å². The van der Waals surface area contributed by atoms with Gasteiger partial charge in [-0.1, -0.05) is 36.1 Å². The monoisotopic (exact) mass is 230 g/mol. The molecule has 0 unspecified atom stereocenters. The van der Waals surface area contributed by atoms with Crippen LogP contribution < -0.4 is 0 Å². The largest absolute Gasteiger partial charge is 0.206 e. The summed E-state index contributed by atoms with van der Waals surface area (Å²) in [6.45, 7) is 0. The zero-order valence-electron chi connectivity index (χ0n) is 8.70. The summed E-state index contributed by atoms with van der Waals surface area (Å²) in [6, 6.07) is 10.6. The molecule has 0 fully saturated rings. The van der Waals surface area contributed by atoms with Gasteiger partial charge in [0.15, 0.2) is 0 Å². The molecule has 2 aromatic carbocycles. The van der Waals surface area contributed by atoms with Crippen molar-refractivity contribution in [2.24, 2.45) is 0 Å². The van der Waals surface area contributed by atoms with Crippen molar-refractivity contribution in [3.8, 4) is 11.8 Å². The van der Waals surface area contributed by atoms with Gasteiger partial charge in [-0.3, -0.25) is 0 Å². The number of rotatable bonds is 1. The molecule has 0 N–H and O–H groups in total. The van der Waals surface area contributed by atoms with Crippen molar-refractivity contribution in [2.75, 3.05) is 5.75 Å². The fourth-order valence-corrected chi connectivity index (χ4v) is 1.70. The molecule has 0 radical (unpaired) electrons. The Kier molecular flexibility index (Phi) is 3.48. The third-order valence-corrected chi connectivity index (χ3v) is 2.55. The Hall–Kier alpha value is -1.46. The molecule has 0 amide bonds. The average Bonchev–Trinajstić information content (AvgIpc) is 2.33. The standard InChI is InChI=1S/C14H11FS/c15-14-9-8-11(5-3-4-10-16)12-6-1-2-7-13(12)14/h1-2,6-9,16H,4,10H2. The quantitative estimate of drug-likeness (QED) is 0.561. The lowest BCUT2D eigenvalue weighted by atomic mass is 10.0. The topological polar surface area (TPSA) is 0 Å². The summed E-state index contributed by atoms with van der Waals surface area (Å²) in [5, 5.41) is 1.49. The number of thiol groups is 1. The minimum Gasteiger partial charge on any atom is -0.206 e. The maximum Gasteiger partial charge on any atom is 0.131 e. The molecule has 0 aliphatic heterocycles. The maximum absolute atomic E-state index is 13.5. The number of halogens is 1. The van der Waals surface area contributed by atoms with Gasteiger partial charge >= 0.3 is 0 Å². The van der Waals surface area contributed by atoms with Gasteiger partial charge in [0.05, 0.1) is 0 Å². The van der Waals surface area contributed by atoms with Crippen LogP contribution in [0.2, 0.25) is 0 Å². The molecule has 2 rings (SSSR count). The normalized spacial score (nSPS) is 9.88. The molecule has 0 saturated carbocycles. The van der Waals surface area contributed by atoms with E-state index in [4.69, 9.17) is 0 Å². The van der Waals surface area contributed by atoms with E-state index in [1.807, 2.05) is 18.2 Å². The highest BCUT2D eigenvalue weighted by molar-refractivity contribution is 7.80. The van der Waals surface area contributed by atoms with Crippen molar-refractivity contribution in [3.63, 3.8) is 0 Å². The lowest BCUT2D eigenvalue weighted by Gasteiger charge is -2.01. The van der Waals surface area contributed by atoms with Gasteiger partial charge in [-0.15, -0.1) is 0 Å². The minimum atomic E-state index is -0.199. The van der Waals surface area contributed by atoms with Crippen molar-refractivity contribution >= 4 is 23.4 Å². The first-order valence-electron chi connectivity index (χ1n) is 5.10. The second-order valence-electron chi connectivity index (χ2n) is 3.42. The minimum absolute atomic E-state index is 0.199. The van der Waals surface area contributed by atoms with Gasteiger partial charge in [-0.05, 0) is 12.1 Å². The number of fused-ring (bicyclic) bond motifs is 1. The second-order valence-corrected chi connectivity index (χ2v) is 3.86. The molecule has 0 aliphatic rings. The predicted octanol–water partition coefficient (Wildman–Crippen LogP) is 3.65. The van der Waals surface area contributed by atoms with Crippen molar-refractivity contribution in [2.45, 2.75) is 6.42 Å². The van der Waals surface area contributed by atoms with E-state index in [0.29, 0.717) is 5.39 Å². The molecule has 2 aromatic rings. The van der Waals surface area contributed by atoms with E-state index < -0.39 is 0 Å². The molecular formula is C14H11FS. The first kappa shape index (κ1) is 11.0. The van der Waals surface area contributed by atoms with Gasteiger partial charge < -0.3 is 0 Å². The smallest absolute Gasteiger partial charge is 0.131 e. The highest BCUT2D eigenvalue weighted by atomic mass is 32.1. The van der Waals surface area contributed by atoms with Crippen LogP contribution in [0.25, 0.3) is 10.8 Å². The van der Waals surface area contributed by atoms with Gasteiger partial charge in [0.25, 0.3) is 0 Å². The zero-order valence-corrected chi connectivity index (χ0v) is 9.60. The molecule has 0 saturated heterocycles. The Labute approximate surface area is 99.9 Å². The van der Waals surface area contributed by atoms with Gasteiger partial charge in [0.2, 0.25) is 0 Å². The van der Waals surface area contributed by atoms with E-state index in [1.54, 1.807) is 12.1 Å². The van der Waals surface area contributed by atoms with E-state index in [1.165, 1.54) is 6.07 Å². The summed E-state index contributed by atoms with van der Waals surface area (Å²) < 4.78 is 13.5. The Balaban J connectivity index is 2.56. The molecule has 16 heavy (non-hydrogen) atoms. The zero-order chi connectivity index (χ0) is 11.4. The number of hydrogen-bond donors (Lipinski definition) is 1. The maximum atomic E-state index is 13.5. The van der Waals surface area contributed by atoms with Gasteiger partial charge in [0, 0.05) is 28.5 Å². The summed E-state index contributed by atoms with van der Waals surface area (Å²) >= 11 is 4.09. The summed E-state index contributed by atoms with van der Waals surface area (Å²) in [5.41, 5.74) is 0.874. The molecular weight excluding hydrogens is 219 g/mol. The summed E-state index contributed by atoms with van der Waals surface area (Å²) in [6.07, 6.45) is 0.745. The molecule has 0 heterocycles. The molecule has 0 aromatic heterocycles. The van der Waals surface area contributed by atoms with E-state index in [-0.39, 0.29) is 5.82 Å². The SMILES string of the molecule is Fc1ccc(C#CCCS)c2ccccc12. The Morgan fingerprint density at radius 3 is 2.56 bits per heavy atom. The van der Waals surface area contributed by atoms with E-state index in [9.17, 15) is 4.39 Å². The molecule has 0 aliphatic carbocycles. The van der Waals surface area contributed by atoms with Crippen molar-refractivity contribution in [3.05, 3.63) is 47.8 Å². The van der Waals surface area contributed by atoms with Crippen LogP contribution in [-0.2, 0) is 0 Å². The Morgan fingerprint density at radius 1 is 1.06 bits per heavy atom. The number of hydrogen-bond acceptors (Lipinski definition) is 1. The lowest BCUT2D eigenvalue weighted by molar-refractivity contribution is 0.640. The van der Waals surface area contributed by atoms with Crippen LogP contribution in [0.5, 0.6) is 0 Å². The molecule has 0 bridgehead atoms. The summed E-state index contributed by atoms with van der Waals surface area (Å²) in [7, 11) is 0. The Morgan fingerprint density at radius 2 is 1.81 bits per heavy atom. The van der Waals surface area contributed by atoms with Crippen molar-refractivity contribution in [1.82, 2.24) is 0 Å². The van der Waals surface area contributed by atoms with Gasteiger partial charge in [-0.2, -0.15) is 12.6 Å². The van der Waals surface area contributed by atoms with Crippen LogP contribution in [0.15, 0.2) is 36.4 Å². The van der Waals surface area contributed by atoms with Crippen LogP contribution in [0, 0.1) is 17.7 Å². The van der Waals surface area contributed by atoms with Crippen molar-refractivity contribution < 1.29 is 4.39 Å². The average molecular weight is 230 g/mol. The fourth-order valence-electron chi connectivity index (χ4n) is 1.58. The summed E-state index contributed by atoms with van der Waals surface area (Å²) in [5.74, 6) is 6.61. The lowest BCUT2D eigenvalue weighted by Crippen LogP contribution is -1.84. The fraction of sp³-hybridized carbons (Fsp3) is 0.143. The van der Waals surface area contributed by atoms with Crippen LogP contribution in [0.1, 0.15) is 12.0 Å². The molecule has 2 heteroatoms. The van der Waals surface area contributed by atoms with Crippen molar-refractivity contribution in [1.29, 1.82) is 0 Å². The summed E-state index contributed by atoms with van der Waals surface area (Å²) in [4.78, 5) is 0. The first-order valence-corrected chi connectivity index (χ1v) is 5.73.